The van der Waals surface area contributed by atoms with E-state index in [-0.39, 0.29) is 19.6 Å². The van der Waals surface area contributed by atoms with Crippen LogP contribution in [0.15, 0.2) is 0 Å². The molecule has 1 aliphatic rings. The number of methoxy groups -OCH3 is 1. The molecule has 1 unspecified atom stereocenters. The Balaban J connectivity index is 2.29. The highest BCUT2D eigenvalue weighted by atomic mass is 16.7. The predicted octanol–water partition coefficient (Wildman–Crippen LogP) is 2.08. The molecule has 1 fully saturated rings. The third-order valence-corrected chi connectivity index (χ3v) is 4.48. The van der Waals surface area contributed by atoms with Gasteiger partial charge in [-0.25, -0.2) is 9.59 Å². The zero-order chi connectivity index (χ0) is 20.1. The Morgan fingerprint density at radius 1 is 1.11 bits per heavy atom. The third kappa shape index (κ3) is 10.1. The first-order valence-electron chi connectivity index (χ1n) is 9.29. The van der Waals surface area contributed by atoms with Gasteiger partial charge in [-0.1, -0.05) is 19.3 Å². The fourth-order valence-corrected chi connectivity index (χ4v) is 3.19. The molecule has 1 aliphatic carbocycles. The predicted molar refractivity (Wildman–Crippen MR) is 95.1 cm³/mol. The fourth-order valence-electron chi connectivity index (χ4n) is 3.19. The van der Waals surface area contributed by atoms with Gasteiger partial charge in [0.25, 0.3) is 0 Å². The summed E-state index contributed by atoms with van der Waals surface area (Å²) in [4.78, 5) is 34.7. The molecule has 27 heavy (non-hydrogen) atoms. The largest absolute Gasteiger partial charge is 0.481 e. The number of ether oxygens (including phenoxy) is 4. The van der Waals surface area contributed by atoms with Gasteiger partial charge in [-0.15, -0.1) is 0 Å². The highest BCUT2D eigenvalue weighted by Gasteiger charge is 2.35. The second-order valence-corrected chi connectivity index (χ2v) is 6.85. The molecule has 0 aliphatic heterocycles. The number of hydrogen-bond donors (Lipinski definition) is 2. The maximum absolute atomic E-state index is 11.9. The van der Waals surface area contributed by atoms with E-state index in [0.29, 0.717) is 19.6 Å². The van der Waals surface area contributed by atoms with Gasteiger partial charge in [0.05, 0.1) is 6.42 Å². The minimum absolute atomic E-state index is 0.0121. The molecule has 9 heteroatoms. The van der Waals surface area contributed by atoms with E-state index in [9.17, 15) is 14.4 Å². The summed E-state index contributed by atoms with van der Waals surface area (Å²) in [5.41, 5.74) is -0.445. The number of esters is 1. The number of carboxylic acids is 1. The Morgan fingerprint density at radius 3 is 2.44 bits per heavy atom. The van der Waals surface area contributed by atoms with E-state index in [1.54, 1.807) is 7.11 Å². The molecule has 0 aromatic rings. The van der Waals surface area contributed by atoms with Gasteiger partial charge in [-0.3, -0.25) is 4.79 Å². The fraction of sp³-hybridized carbons (Fsp3) is 0.833. The number of rotatable bonds is 12. The van der Waals surface area contributed by atoms with Crippen molar-refractivity contribution in [1.29, 1.82) is 0 Å². The number of hydrogen-bond acceptors (Lipinski definition) is 7. The monoisotopic (exact) mass is 389 g/mol. The van der Waals surface area contributed by atoms with E-state index < -0.39 is 29.7 Å². The molecule has 0 bridgehead atoms. The van der Waals surface area contributed by atoms with Crippen LogP contribution in [-0.4, -0.2) is 62.9 Å². The van der Waals surface area contributed by atoms with Gasteiger partial charge in [0.2, 0.25) is 6.29 Å². The molecule has 0 aromatic heterocycles. The van der Waals surface area contributed by atoms with Crippen LogP contribution >= 0.6 is 0 Å². The van der Waals surface area contributed by atoms with Crippen molar-refractivity contribution >= 4 is 18.0 Å². The quantitative estimate of drug-likeness (QED) is 0.296. The topological polar surface area (TPSA) is 120 Å². The van der Waals surface area contributed by atoms with Crippen LogP contribution in [0, 0.1) is 5.41 Å². The van der Waals surface area contributed by atoms with Crippen LogP contribution in [0.4, 0.5) is 4.79 Å². The lowest BCUT2D eigenvalue weighted by atomic mass is 9.72. The van der Waals surface area contributed by atoms with Gasteiger partial charge in [0, 0.05) is 33.8 Å². The van der Waals surface area contributed by atoms with E-state index in [4.69, 9.17) is 24.1 Å². The molecule has 2 N–H and O–H groups in total. The Hall–Kier alpha value is -1.87. The zero-order valence-electron chi connectivity index (χ0n) is 16.2. The summed E-state index contributed by atoms with van der Waals surface area (Å²) < 4.78 is 19.9. The van der Waals surface area contributed by atoms with Gasteiger partial charge in [-0.2, -0.15) is 0 Å². The van der Waals surface area contributed by atoms with E-state index in [1.807, 2.05) is 0 Å². The summed E-state index contributed by atoms with van der Waals surface area (Å²) in [5, 5.41) is 11.7. The van der Waals surface area contributed by atoms with Crippen LogP contribution in [0.25, 0.3) is 0 Å². The minimum atomic E-state index is -1.07. The van der Waals surface area contributed by atoms with Crippen molar-refractivity contribution in [3.05, 3.63) is 0 Å². The number of aliphatic carboxylic acids is 1. The van der Waals surface area contributed by atoms with Gasteiger partial charge >= 0.3 is 18.0 Å². The summed E-state index contributed by atoms with van der Waals surface area (Å²) >= 11 is 0. The van der Waals surface area contributed by atoms with Crippen LogP contribution in [0.2, 0.25) is 0 Å². The van der Waals surface area contributed by atoms with E-state index >= 15 is 0 Å². The second-order valence-electron chi connectivity index (χ2n) is 6.85. The van der Waals surface area contributed by atoms with Gasteiger partial charge in [-0.05, 0) is 24.7 Å². The molecule has 1 saturated carbocycles. The van der Waals surface area contributed by atoms with E-state index in [1.165, 1.54) is 6.92 Å². The zero-order valence-corrected chi connectivity index (χ0v) is 16.2. The third-order valence-electron chi connectivity index (χ3n) is 4.48. The normalized spacial score (nSPS) is 17.0. The number of alkyl carbamates (subject to hydrolysis) is 1. The van der Waals surface area contributed by atoms with E-state index in [0.717, 1.165) is 32.1 Å². The molecule has 0 aromatic carbocycles. The Morgan fingerprint density at radius 2 is 1.81 bits per heavy atom. The first-order valence-corrected chi connectivity index (χ1v) is 9.29. The first kappa shape index (κ1) is 23.2. The molecule has 1 rings (SSSR count). The number of carboxylic acid groups (broad SMARTS) is 1. The minimum Gasteiger partial charge on any atom is -0.481 e. The van der Waals surface area contributed by atoms with Crippen LogP contribution < -0.4 is 5.32 Å². The highest BCUT2D eigenvalue weighted by Crippen LogP contribution is 2.38. The molecule has 0 radical (unpaired) electrons. The summed E-state index contributed by atoms with van der Waals surface area (Å²) in [6, 6.07) is 0. The van der Waals surface area contributed by atoms with Gasteiger partial charge in [0.15, 0.2) is 0 Å². The standard InChI is InChI=1S/C18H31NO8/c1-14(26-16(22)12-25-10-6-9-24-2)27-17(23)19-13-18(11-15(20)21)7-4-3-5-8-18/h14H,3-13H2,1-2H3,(H,19,23)(H,20,21). The molecule has 9 nitrogen and oxygen atoms in total. The van der Waals surface area contributed by atoms with Crippen molar-refractivity contribution in [1.82, 2.24) is 5.32 Å². The van der Waals surface area contributed by atoms with Gasteiger partial charge in [0.1, 0.15) is 6.61 Å². The van der Waals surface area contributed by atoms with Crippen molar-refractivity contribution in [3.63, 3.8) is 0 Å². The van der Waals surface area contributed by atoms with Crippen molar-refractivity contribution in [2.45, 2.75) is 58.2 Å². The summed E-state index contributed by atoms with van der Waals surface area (Å²) in [7, 11) is 1.58. The number of nitrogens with one attached hydrogen (secondary N) is 1. The second kappa shape index (κ2) is 12.5. The molecule has 0 heterocycles. The number of carbonyl (C=O) groups excluding carboxylic acids is 2. The maximum Gasteiger partial charge on any atom is 0.410 e. The molecular formula is C18H31NO8. The summed E-state index contributed by atoms with van der Waals surface area (Å²) in [6.07, 6.45) is 3.34. The highest BCUT2D eigenvalue weighted by molar-refractivity contribution is 5.71. The molecule has 0 spiro atoms. The number of amides is 1. The Labute approximate surface area is 159 Å². The maximum atomic E-state index is 11.9. The molecular weight excluding hydrogens is 358 g/mol. The molecule has 0 saturated heterocycles. The SMILES string of the molecule is COCCCOCC(=O)OC(C)OC(=O)NCC1(CC(=O)O)CCCCC1. The summed E-state index contributed by atoms with van der Waals surface area (Å²) in [5.74, 6) is -1.51. The van der Waals surface area contributed by atoms with E-state index in [2.05, 4.69) is 5.32 Å². The Kier molecular flexibility index (Phi) is 10.7. The lowest BCUT2D eigenvalue weighted by molar-refractivity contribution is -0.170. The van der Waals surface area contributed by atoms with Crippen molar-refractivity contribution in [2.75, 3.05) is 33.5 Å². The van der Waals surface area contributed by atoms with Crippen molar-refractivity contribution in [2.24, 2.45) is 5.41 Å². The lowest BCUT2D eigenvalue weighted by Gasteiger charge is -2.36. The van der Waals surface area contributed by atoms with Crippen molar-refractivity contribution < 1.29 is 38.4 Å². The van der Waals surface area contributed by atoms with Crippen LogP contribution in [0.5, 0.6) is 0 Å². The molecule has 1 amide bonds. The molecule has 156 valence electrons. The van der Waals surface area contributed by atoms with Gasteiger partial charge < -0.3 is 29.4 Å². The average molecular weight is 389 g/mol. The lowest BCUT2D eigenvalue weighted by Crippen LogP contribution is -2.41. The van der Waals surface area contributed by atoms with Crippen molar-refractivity contribution in [3.8, 4) is 0 Å². The summed E-state index contributed by atoms with van der Waals surface area (Å²) in [6.45, 7) is 2.32. The Bertz CT molecular complexity index is 476. The van der Waals surface area contributed by atoms with Crippen LogP contribution in [-0.2, 0) is 28.5 Å². The molecule has 1 atom stereocenters. The first-order chi connectivity index (χ1) is 12.9. The smallest absolute Gasteiger partial charge is 0.410 e. The average Bonchev–Trinajstić information content (AvgIpc) is 2.60. The van der Waals surface area contributed by atoms with Crippen LogP contribution in [0.3, 0.4) is 0 Å². The van der Waals surface area contributed by atoms with Crippen LogP contribution in [0.1, 0.15) is 51.9 Å². The number of carbonyl (C=O) groups is 3.